The topological polar surface area (TPSA) is 73.0 Å². The standard InChI is InChI=1S/C10H16N2O2S/c1-8-4-3-5-12-10(8)7-15(13,14)9(2)6-11/h3-5,9H,6-7,11H2,1-2H3. The van der Waals surface area contributed by atoms with Gasteiger partial charge in [-0.1, -0.05) is 6.07 Å². The summed E-state index contributed by atoms with van der Waals surface area (Å²) >= 11 is 0. The Balaban J connectivity index is 2.92. The summed E-state index contributed by atoms with van der Waals surface area (Å²) in [5, 5.41) is -0.515. The molecule has 0 radical (unpaired) electrons. The van der Waals surface area contributed by atoms with E-state index in [-0.39, 0.29) is 12.3 Å². The molecule has 1 atom stereocenters. The molecule has 4 nitrogen and oxygen atoms in total. The number of hydrogen-bond donors (Lipinski definition) is 1. The second-order valence-electron chi connectivity index (χ2n) is 3.62. The van der Waals surface area contributed by atoms with Crippen LogP contribution in [0.3, 0.4) is 0 Å². The summed E-state index contributed by atoms with van der Waals surface area (Å²) in [6, 6.07) is 3.64. The Kier molecular flexibility index (Phi) is 3.82. The minimum Gasteiger partial charge on any atom is -0.329 e. The van der Waals surface area contributed by atoms with Gasteiger partial charge in [0.1, 0.15) is 0 Å². The van der Waals surface area contributed by atoms with Crippen LogP contribution >= 0.6 is 0 Å². The zero-order chi connectivity index (χ0) is 11.5. The van der Waals surface area contributed by atoms with Gasteiger partial charge >= 0.3 is 0 Å². The van der Waals surface area contributed by atoms with E-state index >= 15 is 0 Å². The van der Waals surface area contributed by atoms with E-state index in [1.165, 1.54) is 0 Å². The van der Waals surface area contributed by atoms with Crippen LogP contribution in [0.2, 0.25) is 0 Å². The van der Waals surface area contributed by atoms with Gasteiger partial charge in [0.25, 0.3) is 0 Å². The fourth-order valence-electron chi connectivity index (χ4n) is 1.15. The summed E-state index contributed by atoms with van der Waals surface area (Å²) < 4.78 is 23.5. The lowest BCUT2D eigenvalue weighted by atomic mass is 10.2. The quantitative estimate of drug-likeness (QED) is 0.821. The molecular formula is C10H16N2O2S. The maximum absolute atomic E-state index is 11.8. The molecule has 0 aliphatic heterocycles. The van der Waals surface area contributed by atoms with Crippen molar-refractivity contribution in [2.24, 2.45) is 5.73 Å². The third-order valence-corrected chi connectivity index (χ3v) is 4.50. The maximum Gasteiger partial charge on any atom is 0.159 e. The second kappa shape index (κ2) is 4.72. The Bertz CT molecular complexity index is 429. The van der Waals surface area contributed by atoms with Gasteiger partial charge in [0, 0.05) is 12.7 Å². The van der Waals surface area contributed by atoms with E-state index in [9.17, 15) is 8.42 Å². The summed E-state index contributed by atoms with van der Waals surface area (Å²) in [5.74, 6) is -0.0297. The minimum atomic E-state index is -3.17. The molecule has 0 amide bonds. The smallest absolute Gasteiger partial charge is 0.159 e. The zero-order valence-corrected chi connectivity index (χ0v) is 9.79. The lowest BCUT2D eigenvalue weighted by molar-refractivity contribution is 0.582. The van der Waals surface area contributed by atoms with Gasteiger partial charge in [-0.3, -0.25) is 4.98 Å². The molecule has 5 heteroatoms. The van der Waals surface area contributed by atoms with Gasteiger partial charge in [-0.15, -0.1) is 0 Å². The number of rotatable bonds is 4. The molecule has 1 aromatic heterocycles. The van der Waals surface area contributed by atoms with Gasteiger partial charge in [-0.25, -0.2) is 8.42 Å². The number of hydrogen-bond acceptors (Lipinski definition) is 4. The van der Waals surface area contributed by atoms with Gasteiger partial charge in [-0.05, 0) is 25.5 Å². The predicted octanol–water partition coefficient (Wildman–Crippen LogP) is 0.652. The van der Waals surface area contributed by atoms with Crippen LogP contribution in [0, 0.1) is 6.92 Å². The fraction of sp³-hybridized carbons (Fsp3) is 0.500. The van der Waals surface area contributed by atoms with Gasteiger partial charge in [0.2, 0.25) is 0 Å². The molecule has 1 unspecified atom stereocenters. The molecule has 84 valence electrons. The van der Waals surface area contributed by atoms with E-state index < -0.39 is 15.1 Å². The SMILES string of the molecule is Cc1cccnc1CS(=O)(=O)C(C)CN. The van der Waals surface area contributed by atoms with Crippen molar-refractivity contribution in [3.05, 3.63) is 29.6 Å². The molecule has 15 heavy (non-hydrogen) atoms. The van der Waals surface area contributed by atoms with Crippen molar-refractivity contribution in [2.75, 3.05) is 6.54 Å². The van der Waals surface area contributed by atoms with Crippen molar-refractivity contribution in [3.8, 4) is 0 Å². The lowest BCUT2D eigenvalue weighted by Crippen LogP contribution is -2.28. The Hall–Kier alpha value is -0.940. The molecule has 0 saturated carbocycles. The molecule has 1 rings (SSSR count). The van der Waals surface area contributed by atoms with Crippen LogP contribution in [0.4, 0.5) is 0 Å². The lowest BCUT2D eigenvalue weighted by Gasteiger charge is -2.10. The Morgan fingerprint density at radius 2 is 2.20 bits per heavy atom. The van der Waals surface area contributed by atoms with Crippen molar-refractivity contribution in [3.63, 3.8) is 0 Å². The summed E-state index contributed by atoms with van der Waals surface area (Å²) in [6.45, 7) is 3.62. The summed E-state index contributed by atoms with van der Waals surface area (Å²) in [5.41, 5.74) is 6.85. The number of aryl methyl sites for hydroxylation is 1. The molecule has 0 aliphatic carbocycles. The average molecular weight is 228 g/mol. The molecule has 0 saturated heterocycles. The highest BCUT2D eigenvalue weighted by Gasteiger charge is 2.21. The first-order valence-electron chi connectivity index (χ1n) is 4.79. The fourth-order valence-corrected chi connectivity index (χ4v) is 2.41. The van der Waals surface area contributed by atoms with E-state index in [2.05, 4.69) is 4.98 Å². The van der Waals surface area contributed by atoms with Crippen molar-refractivity contribution in [1.29, 1.82) is 0 Å². The first-order chi connectivity index (χ1) is 6.97. The molecule has 1 heterocycles. The number of pyridine rings is 1. The van der Waals surface area contributed by atoms with Crippen molar-refractivity contribution in [1.82, 2.24) is 4.98 Å². The van der Waals surface area contributed by atoms with Gasteiger partial charge in [-0.2, -0.15) is 0 Å². The van der Waals surface area contributed by atoms with Crippen LogP contribution in [0.25, 0.3) is 0 Å². The van der Waals surface area contributed by atoms with Crippen LogP contribution < -0.4 is 5.73 Å². The normalized spacial score (nSPS) is 13.8. The summed E-state index contributed by atoms with van der Waals surface area (Å²) in [7, 11) is -3.17. The summed E-state index contributed by atoms with van der Waals surface area (Å²) in [6.07, 6.45) is 1.60. The largest absolute Gasteiger partial charge is 0.329 e. The number of nitrogens with two attached hydrogens (primary N) is 1. The van der Waals surface area contributed by atoms with Crippen molar-refractivity contribution < 1.29 is 8.42 Å². The Labute approximate surface area is 90.4 Å². The second-order valence-corrected chi connectivity index (χ2v) is 6.04. The van der Waals surface area contributed by atoms with Crippen molar-refractivity contribution in [2.45, 2.75) is 24.9 Å². The van der Waals surface area contributed by atoms with E-state index in [1.54, 1.807) is 19.2 Å². The third-order valence-electron chi connectivity index (χ3n) is 2.40. The van der Waals surface area contributed by atoms with Crippen LogP contribution in [0.5, 0.6) is 0 Å². The van der Waals surface area contributed by atoms with Crippen LogP contribution in [-0.2, 0) is 15.6 Å². The van der Waals surface area contributed by atoms with Crippen LogP contribution in [0.1, 0.15) is 18.2 Å². The number of nitrogens with zero attached hydrogens (tertiary/aromatic N) is 1. The van der Waals surface area contributed by atoms with E-state index in [0.717, 1.165) is 5.56 Å². The monoisotopic (exact) mass is 228 g/mol. The first kappa shape index (κ1) is 12.1. The highest BCUT2D eigenvalue weighted by molar-refractivity contribution is 7.91. The van der Waals surface area contributed by atoms with Gasteiger partial charge in [0.05, 0.1) is 16.7 Å². The maximum atomic E-state index is 11.8. The molecular weight excluding hydrogens is 212 g/mol. The van der Waals surface area contributed by atoms with Crippen molar-refractivity contribution >= 4 is 9.84 Å². The molecule has 0 bridgehead atoms. The highest BCUT2D eigenvalue weighted by atomic mass is 32.2. The molecule has 2 N–H and O–H groups in total. The molecule has 1 aromatic rings. The minimum absolute atomic E-state index is 0.0297. The van der Waals surface area contributed by atoms with E-state index in [1.807, 2.05) is 13.0 Å². The number of aromatic nitrogens is 1. The van der Waals surface area contributed by atoms with Gasteiger partial charge in [0.15, 0.2) is 9.84 Å². The molecule has 0 fully saturated rings. The molecule has 0 aromatic carbocycles. The first-order valence-corrected chi connectivity index (χ1v) is 6.51. The Morgan fingerprint density at radius 3 is 2.73 bits per heavy atom. The van der Waals surface area contributed by atoms with Gasteiger partial charge < -0.3 is 5.73 Å². The highest BCUT2D eigenvalue weighted by Crippen LogP contribution is 2.11. The zero-order valence-electron chi connectivity index (χ0n) is 8.97. The van der Waals surface area contributed by atoms with E-state index in [0.29, 0.717) is 5.69 Å². The predicted molar refractivity (Wildman–Crippen MR) is 60.1 cm³/mol. The van der Waals surface area contributed by atoms with Crippen LogP contribution in [0.15, 0.2) is 18.3 Å². The van der Waals surface area contributed by atoms with E-state index in [4.69, 9.17) is 5.73 Å². The third kappa shape index (κ3) is 3.00. The summed E-state index contributed by atoms with van der Waals surface area (Å²) in [4.78, 5) is 4.06. The molecule has 0 spiro atoms. The van der Waals surface area contributed by atoms with Crippen LogP contribution in [-0.4, -0.2) is 25.2 Å². The molecule has 0 aliphatic rings. The Morgan fingerprint density at radius 1 is 1.53 bits per heavy atom. The average Bonchev–Trinajstić information content (AvgIpc) is 2.20. The number of sulfone groups is 1.